The van der Waals surface area contributed by atoms with Crippen molar-refractivity contribution in [1.29, 1.82) is 0 Å². The Bertz CT molecular complexity index is 1810. The van der Waals surface area contributed by atoms with Crippen molar-refractivity contribution in [1.82, 2.24) is 19.6 Å². The van der Waals surface area contributed by atoms with E-state index in [-0.39, 0.29) is 22.0 Å². The van der Waals surface area contributed by atoms with Crippen molar-refractivity contribution >= 4 is 51.3 Å². The third-order valence-electron chi connectivity index (χ3n) is 6.66. The van der Waals surface area contributed by atoms with Crippen molar-refractivity contribution in [2.75, 3.05) is 4.90 Å². The van der Waals surface area contributed by atoms with E-state index >= 15 is 4.39 Å². The highest BCUT2D eigenvalue weighted by molar-refractivity contribution is 8.00. The first kappa shape index (κ1) is 25.9. The Balaban J connectivity index is 1.44. The van der Waals surface area contributed by atoms with E-state index in [4.69, 9.17) is 0 Å². The van der Waals surface area contributed by atoms with Crippen molar-refractivity contribution in [2.24, 2.45) is 0 Å². The first-order chi connectivity index (χ1) is 19.3. The lowest BCUT2D eigenvalue weighted by atomic mass is 9.96. The maximum absolute atomic E-state index is 15.2. The Labute approximate surface area is 236 Å². The van der Waals surface area contributed by atoms with Crippen molar-refractivity contribution < 1.29 is 19.1 Å². The van der Waals surface area contributed by atoms with Gasteiger partial charge < -0.3 is 5.11 Å². The fourth-order valence-corrected chi connectivity index (χ4v) is 6.56. The van der Waals surface area contributed by atoms with Gasteiger partial charge in [-0.3, -0.25) is 18.9 Å². The van der Waals surface area contributed by atoms with Gasteiger partial charge in [0.1, 0.15) is 23.2 Å². The number of anilines is 1. The van der Waals surface area contributed by atoms with Crippen molar-refractivity contribution in [3.05, 3.63) is 112 Å². The quantitative estimate of drug-likeness (QED) is 0.0896. The Hall–Kier alpha value is -4.35. The largest absolute Gasteiger partial charge is 0.505 e. The molecule has 1 unspecified atom stereocenters. The molecule has 1 aliphatic rings. The fraction of sp³-hybridized carbons (Fsp3) is 0.138. The molecule has 40 heavy (non-hydrogen) atoms. The van der Waals surface area contributed by atoms with Gasteiger partial charge in [0.15, 0.2) is 10.1 Å². The zero-order chi connectivity index (χ0) is 28.0. The Morgan fingerprint density at radius 1 is 1.02 bits per heavy atom. The maximum Gasteiger partial charge on any atom is 0.301 e. The van der Waals surface area contributed by atoms with Crippen LogP contribution in [0.4, 0.5) is 9.52 Å². The number of nitrogens with zero attached hydrogens (tertiary/aromatic N) is 5. The second-order valence-electron chi connectivity index (χ2n) is 9.29. The molecule has 1 saturated heterocycles. The number of pyridine rings is 1. The number of hydrogen-bond acceptors (Lipinski definition) is 8. The second kappa shape index (κ2) is 10.3. The highest BCUT2D eigenvalue weighted by Gasteiger charge is 2.49. The monoisotopic (exact) mass is 571 g/mol. The number of aromatic nitrogens is 4. The molecular weight excluding hydrogens is 549 g/mol. The van der Waals surface area contributed by atoms with E-state index in [0.717, 1.165) is 27.4 Å². The molecule has 0 aliphatic carbocycles. The average Bonchev–Trinajstić information content (AvgIpc) is 3.62. The van der Waals surface area contributed by atoms with Gasteiger partial charge in [0.05, 0.1) is 11.3 Å². The van der Waals surface area contributed by atoms with E-state index in [2.05, 4.69) is 15.2 Å². The first-order valence-electron chi connectivity index (χ1n) is 12.3. The second-order valence-corrected chi connectivity index (χ2v) is 11.5. The number of aryl methyl sites for hydroxylation is 2. The molecule has 1 fully saturated rings. The van der Waals surface area contributed by atoms with Crippen molar-refractivity contribution in [2.45, 2.75) is 30.0 Å². The maximum atomic E-state index is 15.2. The summed E-state index contributed by atoms with van der Waals surface area (Å²) in [6, 6.07) is 18.0. The van der Waals surface area contributed by atoms with Gasteiger partial charge in [0, 0.05) is 17.5 Å². The molecule has 0 bridgehead atoms. The van der Waals surface area contributed by atoms with Crippen LogP contribution < -0.4 is 4.90 Å². The van der Waals surface area contributed by atoms with Crippen LogP contribution in [0.25, 0.3) is 11.4 Å². The number of fused-ring (bicyclic) bond motifs is 1. The van der Waals surface area contributed by atoms with Gasteiger partial charge >= 0.3 is 5.91 Å². The summed E-state index contributed by atoms with van der Waals surface area (Å²) in [4.78, 5) is 32.6. The third-order valence-corrected chi connectivity index (χ3v) is 8.78. The summed E-state index contributed by atoms with van der Waals surface area (Å²) < 4.78 is 17.4. The zero-order valence-corrected chi connectivity index (χ0v) is 23.0. The van der Waals surface area contributed by atoms with Crippen LogP contribution in [0.3, 0.4) is 0 Å². The summed E-state index contributed by atoms with van der Waals surface area (Å²) in [6.45, 7) is 3.71. The minimum Gasteiger partial charge on any atom is -0.505 e. The summed E-state index contributed by atoms with van der Waals surface area (Å²) in [5, 5.41) is 20.1. The number of hydrogen-bond donors (Lipinski definition) is 1. The van der Waals surface area contributed by atoms with Crippen LogP contribution in [-0.4, -0.2) is 36.4 Å². The van der Waals surface area contributed by atoms with Crippen LogP contribution in [0.15, 0.2) is 82.8 Å². The van der Waals surface area contributed by atoms with Gasteiger partial charge in [-0.05, 0) is 37.6 Å². The van der Waals surface area contributed by atoms with Gasteiger partial charge in [-0.25, -0.2) is 9.37 Å². The summed E-state index contributed by atoms with van der Waals surface area (Å²) in [7, 11) is 0. The lowest BCUT2D eigenvalue weighted by Crippen LogP contribution is -2.29. The molecule has 8 nitrogen and oxygen atoms in total. The summed E-state index contributed by atoms with van der Waals surface area (Å²) in [5.41, 5.74) is 3.33. The Kier molecular flexibility index (Phi) is 6.68. The molecule has 6 rings (SSSR count). The molecule has 0 radical (unpaired) electrons. The van der Waals surface area contributed by atoms with Crippen LogP contribution in [-0.2, 0) is 15.3 Å². The van der Waals surface area contributed by atoms with Gasteiger partial charge in [0.2, 0.25) is 5.13 Å². The van der Waals surface area contributed by atoms with E-state index < -0.39 is 29.3 Å². The van der Waals surface area contributed by atoms with Gasteiger partial charge in [0.25, 0.3) is 5.78 Å². The number of ketones is 1. The SMILES string of the molecule is Cc1ccc(CSc2nnc(N3C(=O)C(=O)/C(=C(/O)c4c(C)nc5ccccn45)C3c3ccccc3F)s2)cc1. The predicted octanol–water partition coefficient (Wildman–Crippen LogP) is 5.86. The van der Waals surface area contributed by atoms with Crippen molar-refractivity contribution in [3.8, 4) is 0 Å². The van der Waals surface area contributed by atoms with Crippen LogP contribution in [0.2, 0.25) is 0 Å². The van der Waals surface area contributed by atoms with Gasteiger partial charge in [-0.1, -0.05) is 77.2 Å². The molecule has 4 heterocycles. The number of aliphatic hydroxyl groups is 1. The highest BCUT2D eigenvalue weighted by atomic mass is 32.2. The lowest BCUT2D eigenvalue weighted by Gasteiger charge is -2.22. The summed E-state index contributed by atoms with van der Waals surface area (Å²) in [6.07, 6.45) is 1.70. The number of rotatable bonds is 6. The number of thioether (sulfide) groups is 1. The molecule has 0 saturated carbocycles. The number of benzene rings is 2. The van der Waals surface area contributed by atoms with Gasteiger partial charge in [-0.15, -0.1) is 10.2 Å². The topological polar surface area (TPSA) is 101 Å². The number of aliphatic hydroxyl groups excluding tert-OH is 1. The number of Topliss-reactive ketones (excluding diaryl/α,β-unsaturated/α-hetero) is 1. The predicted molar refractivity (Wildman–Crippen MR) is 152 cm³/mol. The number of halogens is 1. The molecular formula is C29H22FN5O3S2. The zero-order valence-electron chi connectivity index (χ0n) is 21.4. The normalized spacial score (nSPS) is 16.8. The molecule has 5 aromatic rings. The standard InChI is InChI=1S/C29H22FN5O3S2/c1-16-10-12-18(13-11-16)15-39-29-33-32-28(40-29)35-24(19-7-3-4-8-20(19)30)22(26(37)27(35)38)25(36)23-17(2)31-21-9-5-6-14-34(21)23/h3-14,24,36H,15H2,1-2H3/b25-22+. The molecule has 0 spiro atoms. The van der Waals surface area contributed by atoms with Crippen LogP contribution in [0, 0.1) is 19.7 Å². The molecule has 2 aromatic carbocycles. The minimum atomic E-state index is -1.25. The average molecular weight is 572 g/mol. The number of imidazole rings is 1. The molecule has 1 atom stereocenters. The highest BCUT2D eigenvalue weighted by Crippen LogP contribution is 2.45. The molecule has 11 heteroatoms. The third kappa shape index (κ3) is 4.46. The smallest absolute Gasteiger partial charge is 0.301 e. The fourth-order valence-electron chi connectivity index (χ4n) is 4.73. The number of amides is 1. The molecule has 1 N–H and O–H groups in total. The van der Waals surface area contributed by atoms with Crippen molar-refractivity contribution in [3.63, 3.8) is 0 Å². The molecule has 1 aliphatic heterocycles. The van der Waals surface area contributed by atoms with E-state index in [1.807, 2.05) is 31.2 Å². The Morgan fingerprint density at radius 2 is 1.77 bits per heavy atom. The van der Waals surface area contributed by atoms with E-state index in [0.29, 0.717) is 21.4 Å². The Morgan fingerprint density at radius 3 is 2.55 bits per heavy atom. The summed E-state index contributed by atoms with van der Waals surface area (Å²) in [5.74, 6) is -2.30. The lowest BCUT2D eigenvalue weighted by molar-refractivity contribution is -0.132. The first-order valence-corrected chi connectivity index (χ1v) is 14.1. The van der Waals surface area contributed by atoms with Crippen LogP contribution >= 0.6 is 23.1 Å². The molecule has 3 aromatic heterocycles. The summed E-state index contributed by atoms with van der Waals surface area (Å²) >= 11 is 2.57. The molecule has 200 valence electrons. The number of carbonyl (C=O) groups excluding carboxylic acids is 2. The van der Waals surface area contributed by atoms with Gasteiger partial charge in [-0.2, -0.15) is 0 Å². The van der Waals surface area contributed by atoms with Crippen LogP contribution in [0.5, 0.6) is 0 Å². The van der Waals surface area contributed by atoms with E-state index in [9.17, 15) is 14.7 Å². The van der Waals surface area contributed by atoms with E-state index in [1.54, 1.807) is 41.8 Å². The van der Waals surface area contributed by atoms with Crippen LogP contribution in [0.1, 0.15) is 34.1 Å². The minimum absolute atomic E-state index is 0.0544. The van der Waals surface area contributed by atoms with E-state index in [1.165, 1.54) is 30.0 Å². The molecule has 1 amide bonds. The number of carbonyl (C=O) groups is 2.